The van der Waals surface area contributed by atoms with Crippen LogP contribution in [0.3, 0.4) is 0 Å². The van der Waals surface area contributed by atoms with Gasteiger partial charge in [0.2, 0.25) is 0 Å². The molecule has 0 fully saturated rings. The number of carbonyl (C=O) groups excluding carboxylic acids is 4. The maximum absolute atomic E-state index is 12.4. The normalized spacial score (nSPS) is 17.2. The lowest BCUT2D eigenvalue weighted by atomic mass is 10.1. The lowest BCUT2D eigenvalue weighted by Gasteiger charge is -2.17. The molecule has 1 atom stereocenters. The molecule has 4 N–H and O–H groups in total. The molecule has 222 valence electrons. The summed E-state index contributed by atoms with van der Waals surface area (Å²) in [6, 6.07) is 12.7. The summed E-state index contributed by atoms with van der Waals surface area (Å²) in [5.74, 6) is 0.869. The second kappa shape index (κ2) is 14.8. The third kappa shape index (κ3) is 8.66. The topological polar surface area (TPSA) is 164 Å². The van der Waals surface area contributed by atoms with Crippen molar-refractivity contribution in [2.75, 3.05) is 40.3 Å². The van der Waals surface area contributed by atoms with Crippen molar-refractivity contribution < 1.29 is 29.4 Å². The number of nitrogens with one attached hydrogen (secondary N) is 2. The standard InChI is InChI=1S/C15H19N3O3.C15H17N3O3/c2*1-10(19)9-18-14(8-16-2)17-13(15(18)21)7-11-3-5-12(20)6-4-11/h3-6,13,16,20H,7-9H2,1-2H3;3-7,16,20H,8-9H2,1-2H3/b;13-7-. The Morgan fingerprint density at radius 1 is 0.833 bits per heavy atom. The fourth-order valence-corrected chi connectivity index (χ4v) is 4.30. The van der Waals surface area contributed by atoms with Crippen LogP contribution in [0.25, 0.3) is 6.08 Å². The van der Waals surface area contributed by atoms with E-state index < -0.39 is 6.04 Å². The number of phenols is 2. The Bertz CT molecular complexity index is 1400. The lowest BCUT2D eigenvalue weighted by Crippen LogP contribution is -2.42. The van der Waals surface area contributed by atoms with Gasteiger partial charge >= 0.3 is 0 Å². The van der Waals surface area contributed by atoms with Crippen LogP contribution in [0.4, 0.5) is 0 Å². The molecule has 2 aromatic rings. The monoisotopic (exact) mass is 576 g/mol. The van der Waals surface area contributed by atoms with E-state index in [1.165, 1.54) is 35.8 Å². The Labute approximate surface area is 244 Å². The number of ketones is 2. The maximum atomic E-state index is 12.4. The zero-order valence-electron chi connectivity index (χ0n) is 24.1. The van der Waals surface area contributed by atoms with Gasteiger partial charge in [-0.1, -0.05) is 24.3 Å². The van der Waals surface area contributed by atoms with Crippen molar-refractivity contribution in [1.82, 2.24) is 20.4 Å². The first-order valence-electron chi connectivity index (χ1n) is 13.4. The Hall–Kier alpha value is -4.68. The summed E-state index contributed by atoms with van der Waals surface area (Å²) >= 11 is 0. The van der Waals surface area contributed by atoms with E-state index in [9.17, 15) is 29.4 Å². The number of nitrogens with zero attached hydrogens (tertiary/aromatic N) is 4. The van der Waals surface area contributed by atoms with Crippen molar-refractivity contribution in [2.45, 2.75) is 26.3 Å². The van der Waals surface area contributed by atoms with Crippen LogP contribution >= 0.6 is 0 Å². The van der Waals surface area contributed by atoms with Gasteiger partial charge in [0.05, 0.1) is 26.2 Å². The van der Waals surface area contributed by atoms with E-state index in [-0.39, 0.29) is 53.7 Å². The van der Waals surface area contributed by atoms with Crippen LogP contribution in [-0.2, 0) is 25.6 Å². The van der Waals surface area contributed by atoms with E-state index in [0.29, 0.717) is 31.2 Å². The van der Waals surface area contributed by atoms with Gasteiger partial charge in [0.15, 0.2) is 0 Å². The zero-order valence-corrected chi connectivity index (χ0v) is 24.1. The van der Waals surface area contributed by atoms with E-state index in [2.05, 4.69) is 20.6 Å². The summed E-state index contributed by atoms with van der Waals surface area (Å²) in [5.41, 5.74) is 1.96. The van der Waals surface area contributed by atoms with Crippen molar-refractivity contribution in [1.29, 1.82) is 0 Å². The van der Waals surface area contributed by atoms with E-state index in [0.717, 1.165) is 11.1 Å². The number of amides is 2. The number of benzene rings is 2. The smallest absolute Gasteiger partial charge is 0.278 e. The molecule has 2 amide bonds. The Balaban J connectivity index is 0.000000230. The van der Waals surface area contributed by atoms with Gasteiger partial charge in [-0.2, -0.15) is 0 Å². The fourth-order valence-electron chi connectivity index (χ4n) is 4.30. The third-order valence-electron chi connectivity index (χ3n) is 6.19. The van der Waals surface area contributed by atoms with E-state index in [4.69, 9.17) is 0 Å². The largest absolute Gasteiger partial charge is 0.508 e. The Morgan fingerprint density at radius 3 is 1.90 bits per heavy atom. The first kappa shape index (κ1) is 31.8. The zero-order chi connectivity index (χ0) is 30.8. The maximum Gasteiger partial charge on any atom is 0.278 e. The van der Waals surface area contributed by atoms with Gasteiger partial charge in [-0.15, -0.1) is 0 Å². The van der Waals surface area contributed by atoms with Crippen LogP contribution in [0.5, 0.6) is 11.5 Å². The Kier molecular flexibility index (Phi) is 11.2. The van der Waals surface area contributed by atoms with Gasteiger partial charge in [0.25, 0.3) is 11.8 Å². The van der Waals surface area contributed by atoms with Crippen LogP contribution < -0.4 is 10.6 Å². The van der Waals surface area contributed by atoms with E-state index in [1.807, 2.05) is 0 Å². The molecular weight excluding hydrogens is 540 g/mol. The average molecular weight is 577 g/mol. The molecule has 0 spiro atoms. The summed E-state index contributed by atoms with van der Waals surface area (Å²) in [6.07, 6.45) is 2.10. The predicted octanol–water partition coefficient (Wildman–Crippen LogP) is 1.13. The predicted molar refractivity (Wildman–Crippen MR) is 159 cm³/mol. The molecule has 0 bridgehead atoms. The van der Waals surface area contributed by atoms with E-state index in [1.54, 1.807) is 56.6 Å². The van der Waals surface area contributed by atoms with Crippen LogP contribution in [0, 0.1) is 0 Å². The molecule has 0 saturated heterocycles. The van der Waals surface area contributed by atoms with Crippen LogP contribution in [0.1, 0.15) is 25.0 Å². The summed E-state index contributed by atoms with van der Waals surface area (Å²) in [6.45, 7) is 3.83. The fraction of sp³-hybridized carbons (Fsp3) is 0.333. The van der Waals surface area contributed by atoms with E-state index >= 15 is 0 Å². The van der Waals surface area contributed by atoms with Crippen LogP contribution in [0.15, 0.2) is 64.2 Å². The number of Topliss-reactive ketones (excluding diaryl/α,β-unsaturated/α-hetero) is 2. The Morgan fingerprint density at radius 2 is 1.36 bits per heavy atom. The molecular formula is C30H36N6O6. The lowest BCUT2D eigenvalue weighted by molar-refractivity contribution is -0.130. The number of amidine groups is 2. The van der Waals surface area contributed by atoms with Gasteiger partial charge in [0.1, 0.15) is 46.5 Å². The third-order valence-corrected chi connectivity index (χ3v) is 6.19. The average Bonchev–Trinajstić information content (AvgIpc) is 3.37. The second-order valence-electron chi connectivity index (χ2n) is 9.86. The molecule has 2 aliphatic rings. The van der Waals surface area contributed by atoms with Crippen molar-refractivity contribution in [3.05, 3.63) is 65.4 Å². The highest BCUT2D eigenvalue weighted by atomic mass is 16.3. The minimum Gasteiger partial charge on any atom is -0.508 e. The van der Waals surface area contributed by atoms with Crippen molar-refractivity contribution >= 4 is 41.1 Å². The summed E-state index contributed by atoms with van der Waals surface area (Å²) in [7, 11) is 3.52. The van der Waals surface area contributed by atoms with Crippen molar-refractivity contribution in [3.8, 4) is 11.5 Å². The van der Waals surface area contributed by atoms with Crippen LogP contribution in [0.2, 0.25) is 0 Å². The summed E-state index contributed by atoms with van der Waals surface area (Å²) in [4.78, 5) is 58.8. The first-order chi connectivity index (χ1) is 20.0. The number of hydrogen-bond donors (Lipinski definition) is 4. The second-order valence-corrected chi connectivity index (χ2v) is 9.86. The highest BCUT2D eigenvalue weighted by Crippen LogP contribution is 2.20. The number of aliphatic imine (C=N–C) groups is 2. The molecule has 2 heterocycles. The van der Waals surface area contributed by atoms with Crippen molar-refractivity contribution in [2.24, 2.45) is 9.98 Å². The summed E-state index contributed by atoms with van der Waals surface area (Å²) in [5, 5.41) is 24.4. The molecule has 12 heteroatoms. The number of phenolic OH excluding ortho intramolecular Hbond substituents is 2. The molecule has 2 aromatic carbocycles. The molecule has 0 radical (unpaired) electrons. The number of hydrogen-bond acceptors (Lipinski definition) is 10. The highest BCUT2D eigenvalue weighted by Gasteiger charge is 2.34. The van der Waals surface area contributed by atoms with Gasteiger partial charge in [-0.05, 0) is 69.4 Å². The molecule has 2 aliphatic heterocycles. The van der Waals surface area contributed by atoms with Gasteiger partial charge in [0, 0.05) is 6.42 Å². The van der Waals surface area contributed by atoms with Crippen LogP contribution in [-0.4, -0.2) is 101 Å². The van der Waals surface area contributed by atoms with Gasteiger partial charge in [-0.25, -0.2) is 4.99 Å². The molecule has 1 unspecified atom stereocenters. The number of rotatable bonds is 11. The summed E-state index contributed by atoms with van der Waals surface area (Å²) < 4.78 is 0. The molecule has 0 aliphatic carbocycles. The highest BCUT2D eigenvalue weighted by molar-refractivity contribution is 6.16. The number of likely N-dealkylation sites (N-methyl/N-ethyl adjacent to an activating group) is 2. The van der Waals surface area contributed by atoms with Gasteiger partial charge in [-0.3, -0.25) is 34.0 Å². The number of aromatic hydroxyl groups is 2. The molecule has 42 heavy (non-hydrogen) atoms. The minimum atomic E-state index is -0.503. The molecule has 4 rings (SSSR count). The van der Waals surface area contributed by atoms with Crippen molar-refractivity contribution in [3.63, 3.8) is 0 Å². The van der Waals surface area contributed by atoms with Gasteiger partial charge < -0.3 is 20.8 Å². The molecule has 0 aromatic heterocycles. The quantitative estimate of drug-likeness (QED) is 0.289. The first-order valence-corrected chi connectivity index (χ1v) is 13.4. The number of carbonyl (C=O) groups is 4. The minimum absolute atomic E-state index is 0.0201. The molecule has 0 saturated carbocycles. The molecule has 12 nitrogen and oxygen atoms in total. The SMILES string of the molecule is CNCC1=N/C(=C\c2ccc(O)cc2)C(=O)N1CC(C)=O.CNCC1=NC(Cc2ccc(O)cc2)C(=O)N1CC(C)=O.